The highest BCUT2D eigenvalue weighted by Gasteiger charge is 2.39. The second kappa shape index (κ2) is 7.72. The van der Waals surface area contributed by atoms with E-state index in [0.717, 1.165) is 13.1 Å². The number of amides is 1. The third-order valence-corrected chi connectivity index (χ3v) is 4.67. The highest BCUT2D eigenvalue weighted by molar-refractivity contribution is 5.94. The number of likely N-dealkylation sites (tertiary alicyclic amines) is 1. The monoisotopic (exact) mass is 340 g/mol. The van der Waals surface area contributed by atoms with Crippen molar-refractivity contribution in [3.63, 3.8) is 0 Å². The largest absolute Gasteiger partial charge is 0.387 e. The summed E-state index contributed by atoms with van der Waals surface area (Å²) < 4.78 is 0. The Morgan fingerprint density at radius 1 is 1.20 bits per heavy atom. The molecule has 0 radical (unpaired) electrons. The summed E-state index contributed by atoms with van der Waals surface area (Å²) in [5.74, 6) is -0.0458. The van der Waals surface area contributed by atoms with Crippen LogP contribution in [0.5, 0.6) is 0 Å². The minimum absolute atomic E-state index is 0.0458. The van der Waals surface area contributed by atoms with Gasteiger partial charge in [0.05, 0.1) is 12.1 Å². The molecule has 2 aromatic heterocycles. The Balaban J connectivity index is 1.61. The van der Waals surface area contributed by atoms with E-state index in [1.54, 1.807) is 41.8 Å². The van der Waals surface area contributed by atoms with Crippen molar-refractivity contribution in [3.8, 4) is 0 Å². The summed E-state index contributed by atoms with van der Waals surface area (Å²) in [6, 6.07) is 7.39. The van der Waals surface area contributed by atoms with E-state index in [1.807, 2.05) is 12.1 Å². The highest BCUT2D eigenvalue weighted by Crippen LogP contribution is 2.24. The summed E-state index contributed by atoms with van der Waals surface area (Å²) in [7, 11) is 0. The number of carbonyl (C=O) groups is 1. The smallest absolute Gasteiger partial charge is 0.254 e. The van der Waals surface area contributed by atoms with Crippen LogP contribution in [0.3, 0.4) is 0 Å². The van der Waals surface area contributed by atoms with E-state index in [2.05, 4.69) is 21.8 Å². The zero-order valence-electron chi connectivity index (χ0n) is 14.5. The molecule has 132 valence electrons. The van der Waals surface area contributed by atoms with Gasteiger partial charge in [-0.05, 0) is 42.8 Å². The van der Waals surface area contributed by atoms with Crippen molar-refractivity contribution in [1.29, 1.82) is 0 Å². The third-order valence-electron chi connectivity index (χ3n) is 4.67. The molecule has 2 aromatic rings. The van der Waals surface area contributed by atoms with Crippen molar-refractivity contribution in [3.05, 3.63) is 60.2 Å². The number of likely N-dealkylation sites (N-methyl/N-ethyl adjacent to an activating group) is 1. The van der Waals surface area contributed by atoms with Gasteiger partial charge in [-0.1, -0.05) is 6.92 Å². The first-order valence-corrected chi connectivity index (χ1v) is 8.62. The molecular weight excluding hydrogens is 316 g/mol. The molecule has 6 nitrogen and oxygen atoms in total. The standard InChI is InChI=1S/C19H24N4O2/c1-2-22(13-16-3-8-20-9-4-16)14-19(25)7-12-23(15-19)18(24)17-5-10-21-11-6-17/h3-6,8-11,25H,2,7,12-15H2,1H3/t19-/m1/s1. The van der Waals surface area contributed by atoms with Crippen LogP contribution in [0.4, 0.5) is 0 Å². The van der Waals surface area contributed by atoms with Crippen LogP contribution >= 0.6 is 0 Å². The molecule has 1 aliphatic rings. The molecule has 0 bridgehead atoms. The summed E-state index contributed by atoms with van der Waals surface area (Å²) in [4.78, 5) is 24.5. The molecular formula is C19H24N4O2. The summed E-state index contributed by atoms with van der Waals surface area (Å²) in [5.41, 5.74) is 0.915. The minimum Gasteiger partial charge on any atom is -0.387 e. The molecule has 0 aliphatic carbocycles. The van der Waals surface area contributed by atoms with Crippen LogP contribution in [0.1, 0.15) is 29.3 Å². The lowest BCUT2D eigenvalue weighted by molar-refractivity contribution is 0.0108. The second-order valence-corrected chi connectivity index (χ2v) is 6.60. The first kappa shape index (κ1) is 17.5. The summed E-state index contributed by atoms with van der Waals surface area (Å²) in [6.07, 6.45) is 7.38. The van der Waals surface area contributed by atoms with Crippen LogP contribution in [0.2, 0.25) is 0 Å². The molecule has 1 aliphatic heterocycles. The van der Waals surface area contributed by atoms with Gasteiger partial charge in [-0.2, -0.15) is 0 Å². The lowest BCUT2D eigenvalue weighted by Crippen LogP contribution is -2.45. The number of nitrogens with zero attached hydrogens (tertiary/aromatic N) is 4. The maximum absolute atomic E-state index is 12.5. The molecule has 0 spiro atoms. The Hall–Kier alpha value is -2.31. The molecule has 1 saturated heterocycles. The Labute approximate surface area is 148 Å². The highest BCUT2D eigenvalue weighted by atomic mass is 16.3. The Bertz CT molecular complexity index is 695. The predicted molar refractivity (Wildman–Crippen MR) is 94.9 cm³/mol. The Kier molecular flexibility index (Phi) is 5.40. The van der Waals surface area contributed by atoms with Gasteiger partial charge in [-0.3, -0.25) is 19.7 Å². The SMILES string of the molecule is CCN(Cc1ccncc1)C[C@]1(O)CCN(C(=O)c2ccncc2)C1. The maximum Gasteiger partial charge on any atom is 0.254 e. The second-order valence-electron chi connectivity index (χ2n) is 6.60. The molecule has 25 heavy (non-hydrogen) atoms. The number of hydrogen-bond acceptors (Lipinski definition) is 5. The summed E-state index contributed by atoms with van der Waals surface area (Å²) in [5, 5.41) is 11.0. The number of hydrogen-bond donors (Lipinski definition) is 1. The Morgan fingerprint density at radius 3 is 2.48 bits per heavy atom. The normalized spacial score (nSPS) is 20.2. The van der Waals surface area contributed by atoms with Crippen LogP contribution in [0.25, 0.3) is 0 Å². The topological polar surface area (TPSA) is 69.6 Å². The van der Waals surface area contributed by atoms with Gasteiger partial charge in [0, 0.05) is 50.0 Å². The molecule has 6 heteroatoms. The van der Waals surface area contributed by atoms with E-state index < -0.39 is 5.60 Å². The van der Waals surface area contributed by atoms with Gasteiger partial charge in [-0.25, -0.2) is 0 Å². The number of aliphatic hydroxyl groups is 1. The lowest BCUT2D eigenvalue weighted by Gasteiger charge is -2.30. The molecule has 0 saturated carbocycles. The fourth-order valence-corrected chi connectivity index (χ4v) is 3.28. The van der Waals surface area contributed by atoms with E-state index in [-0.39, 0.29) is 5.91 Å². The molecule has 3 heterocycles. The predicted octanol–water partition coefficient (Wildman–Crippen LogP) is 1.58. The first-order chi connectivity index (χ1) is 12.1. The number of carbonyl (C=O) groups excluding carboxylic acids is 1. The zero-order chi connectivity index (χ0) is 17.7. The lowest BCUT2D eigenvalue weighted by atomic mass is 10.0. The van der Waals surface area contributed by atoms with Gasteiger partial charge in [0.2, 0.25) is 0 Å². The third kappa shape index (κ3) is 4.41. The van der Waals surface area contributed by atoms with E-state index in [0.29, 0.717) is 31.6 Å². The number of rotatable bonds is 6. The van der Waals surface area contributed by atoms with Crippen molar-refractivity contribution in [2.45, 2.75) is 25.5 Å². The van der Waals surface area contributed by atoms with Crippen LogP contribution in [-0.4, -0.2) is 62.6 Å². The minimum atomic E-state index is -0.869. The zero-order valence-corrected chi connectivity index (χ0v) is 14.5. The Morgan fingerprint density at radius 2 is 1.84 bits per heavy atom. The van der Waals surface area contributed by atoms with Crippen molar-refractivity contribution in [1.82, 2.24) is 19.8 Å². The number of β-amino-alcohol motifs (C(OH)–C–C–N with tert-alkyl or cyclic N) is 1. The molecule has 1 amide bonds. The van der Waals surface area contributed by atoms with Gasteiger partial charge in [0.25, 0.3) is 5.91 Å². The van der Waals surface area contributed by atoms with Gasteiger partial charge < -0.3 is 10.0 Å². The molecule has 1 N–H and O–H groups in total. The van der Waals surface area contributed by atoms with E-state index in [1.165, 1.54) is 5.56 Å². The first-order valence-electron chi connectivity index (χ1n) is 8.62. The van der Waals surface area contributed by atoms with E-state index in [4.69, 9.17) is 0 Å². The quantitative estimate of drug-likeness (QED) is 0.864. The summed E-state index contributed by atoms with van der Waals surface area (Å²) >= 11 is 0. The van der Waals surface area contributed by atoms with Crippen molar-refractivity contribution in [2.75, 3.05) is 26.2 Å². The van der Waals surface area contributed by atoms with E-state index in [9.17, 15) is 9.90 Å². The molecule has 1 fully saturated rings. The van der Waals surface area contributed by atoms with Crippen LogP contribution in [-0.2, 0) is 6.54 Å². The van der Waals surface area contributed by atoms with Crippen molar-refractivity contribution < 1.29 is 9.90 Å². The van der Waals surface area contributed by atoms with Crippen LogP contribution in [0.15, 0.2) is 49.1 Å². The average molecular weight is 340 g/mol. The average Bonchev–Trinajstić information content (AvgIpc) is 3.04. The number of aromatic nitrogens is 2. The van der Waals surface area contributed by atoms with Crippen molar-refractivity contribution >= 4 is 5.91 Å². The van der Waals surface area contributed by atoms with Gasteiger partial charge >= 0.3 is 0 Å². The van der Waals surface area contributed by atoms with E-state index >= 15 is 0 Å². The van der Waals surface area contributed by atoms with Crippen LogP contribution < -0.4 is 0 Å². The fourth-order valence-electron chi connectivity index (χ4n) is 3.28. The van der Waals surface area contributed by atoms with Gasteiger partial charge in [0.1, 0.15) is 0 Å². The van der Waals surface area contributed by atoms with Gasteiger partial charge in [-0.15, -0.1) is 0 Å². The molecule has 1 atom stereocenters. The molecule has 0 aromatic carbocycles. The van der Waals surface area contributed by atoms with Crippen molar-refractivity contribution in [2.24, 2.45) is 0 Å². The summed E-state index contributed by atoms with van der Waals surface area (Å²) in [6.45, 7) is 5.17. The molecule has 0 unspecified atom stereocenters. The molecule has 3 rings (SSSR count). The fraction of sp³-hybridized carbons (Fsp3) is 0.421. The number of pyridine rings is 2. The van der Waals surface area contributed by atoms with Gasteiger partial charge in [0.15, 0.2) is 0 Å². The maximum atomic E-state index is 12.5. The van der Waals surface area contributed by atoms with Crippen LogP contribution in [0, 0.1) is 0 Å².